The van der Waals surface area contributed by atoms with E-state index < -0.39 is 0 Å². The molecule has 1 aromatic carbocycles. The van der Waals surface area contributed by atoms with Crippen LogP contribution in [0.3, 0.4) is 0 Å². The predicted octanol–water partition coefficient (Wildman–Crippen LogP) is 1.64. The number of nitrogens with zero attached hydrogens (tertiary/aromatic N) is 2. The highest BCUT2D eigenvalue weighted by Gasteiger charge is 2.03. The third-order valence-corrected chi connectivity index (χ3v) is 3.10. The highest BCUT2D eigenvalue weighted by Crippen LogP contribution is 2.18. The SMILES string of the molecule is CCn1cncc1CNc1cccc(OCC(=O)NC)c1. The quantitative estimate of drug-likeness (QED) is 0.812. The monoisotopic (exact) mass is 288 g/mol. The summed E-state index contributed by atoms with van der Waals surface area (Å²) in [5.41, 5.74) is 2.06. The predicted molar refractivity (Wildman–Crippen MR) is 81.2 cm³/mol. The van der Waals surface area contributed by atoms with Crippen LogP contribution in [0.2, 0.25) is 0 Å². The summed E-state index contributed by atoms with van der Waals surface area (Å²) in [6.45, 7) is 3.68. The van der Waals surface area contributed by atoms with E-state index >= 15 is 0 Å². The van der Waals surface area contributed by atoms with Crippen LogP contribution in [0.15, 0.2) is 36.8 Å². The van der Waals surface area contributed by atoms with Crippen molar-refractivity contribution in [2.75, 3.05) is 19.0 Å². The summed E-state index contributed by atoms with van der Waals surface area (Å²) in [4.78, 5) is 15.3. The van der Waals surface area contributed by atoms with Gasteiger partial charge in [-0.1, -0.05) is 6.07 Å². The lowest BCUT2D eigenvalue weighted by Gasteiger charge is -2.10. The number of carbonyl (C=O) groups excluding carboxylic acids is 1. The lowest BCUT2D eigenvalue weighted by atomic mass is 10.3. The highest BCUT2D eigenvalue weighted by molar-refractivity contribution is 5.77. The fraction of sp³-hybridized carbons (Fsp3) is 0.333. The standard InChI is InChI=1S/C15H20N4O2/c1-3-19-11-17-8-13(19)9-18-12-5-4-6-14(7-12)21-10-15(20)16-2/h4-8,11,18H,3,9-10H2,1-2H3,(H,16,20). The summed E-state index contributed by atoms with van der Waals surface area (Å²) < 4.78 is 7.49. The van der Waals surface area contributed by atoms with Gasteiger partial charge in [-0.05, 0) is 19.1 Å². The fourth-order valence-electron chi connectivity index (χ4n) is 1.89. The molecule has 1 aromatic heterocycles. The molecule has 0 spiro atoms. The summed E-state index contributed by atoms with van der Waals surface area (Å²) in [6.07, 6.45) is 3.67. The van der Waals surface area contributed by atoms with Gasteiger partial charge in [-0.2, -0.15) is 0 Å². The molecule has 21 heavy (non-hydrogen) atoms. The molecule has 6 nitrogen and oxygen atoms in total. The number of hydrogen-bond donors (Lipinski definition) is 2. The third-order valence-electron chi connectivity index (χ3n) is 3.10. The van der Waals surface area contributed by atoms with Gasteiger partial charge in [0.2, 0.25) is 0 Å². The Hall–Kier alpha value is -2.50. The van der Waals surface area contributed by atoms with Gasteiger partial charge in [-0.15, -0.1) is 0 Å². The van der Waals surface area contributed by atoms with Gasteiger partial charge in [-0.3, -0.25) is 4.79 Å². The summed E-state index contributed by atoms with van der Waals surface area (Å²) in [6, 6.07) is 7.54. The number of ether oxygens (including phenoxy) is 1. The van der Waals surface area contributed by atoms with Crippen LogP contribution in [-0.4, -0.2) is 29.1 Å². The van der Waals surface area contributed by atoms with E-state index in [2.05, 4.69) is 27.1 Å². The van der Waals surface area contributed by atoms with Gasteiger partial charge in [0.25, 0.3) is 5.91 Å². The Bertz CT molecular complexity index is 595. The second-order valence-corrected chi connectivity index (χ2v) is 4.51. The molecule has 0 atom stereocenters. The van der Waals surface area contributed by atoms with Gasteiger partial charge in [0.15, 0.2) is 6.61 Å². The Labute approximate surface area is 124 Å². The number of carbonyl (C=O) groups is 1. The molecule has 1 amide bonds. The van der Waals surface area contributed by atoms with Crippen molar-refractivity contribution in [2.45, 2.75) is 20.0 Å². The fourth-order valence-corrected chi connectivity index (χ4v) is 1.89. The molecule has 0 bridgehead atoms. The Morgan fingerprint density at radius 1 is 1.43 bits per heavy atom. The normalized spacial score (nSPS) is 10.2. The number of anilines is 1. The molecular weight excluding hydrogens is 268 g/mol. The molecule has 0 fully saturated rings. The second-order valence-electron chi connectivity index (χ2n) is 4.51. The van der Waals surface area contributed by atoms with E-state index in [0.29, 0.717) is 12.3 Å². The average Bonchev–Trinajstić information content (AvgIpc) is 2.98. The lowest BCUT2D eigenvalue weighted by Crippen LogP contribution is -2.24. The van der Waals surface area contributed by atoms with Gasteiger partial charge in [-0.25, -0.2) is 4.98 Å². The Kier molecular flexibility index (Phi) is 5.20. The van der Waals surface area contributed by atoms with Crippen LogP contribution in [-0.2, 0) is 17.9 Å². The van der Waals surface area contributed by atoms with Crippen molar-refractivity contribution in [3.8, 4) is 5.75 Å². The molecule has 112 valence electrons. The summed E-state index contributed by atoms with van der Waals surface area (Å²) in [5.74, 6) is 0.507. The minimum absolute atomic E-state index is 0.0164. The van der Waals surface area contributed by atoms with Crippen LogP contribution < -0.4 is 15.4 Å². The molecule has 0 saturated carbocycles. The number of aryl methyl sites for hydroxylation is 1. The molecule has 2 aromatic rings. The molecule has 2 rings (SSSR count). The molecule has 2 N–H and O–H groups in total. The number of benzene rings is 1. The Morgan fingerprint density at radius 2 is 2.29 bits per heavy atom. The van der Waals surface area contributed by atoms with Gasteiger partial charge < -0.3 is 19.9 Å². The second kappa shape index (κ2) is 7.33. The van der Waals surface area contributed by atoms with Gasteiger partial charge in [0, 0.05) is 31.5 Å². The zero-order valence-corrected chi connectivity index (χ0v) is 12.3. The van der Waals surface area contributed by atoms with Crippen molar-refractivity contribution in [3.05, 3.63) is 42.5 Å². The van der Waals surface area contributed by atoms with Crippen molar-refractivity contribution < 1.29 is 9.53 Å². The van der Waals surface area contributed by atoms with Crippen molar-refractivity contribution in [3.63, 3.8) is 0 Å². The zero-order chi connectivity index (χ0) is 15.1. The zero-order valence-electron chi connectivity index (χ0n) is 12.3. The topological polar surface area (TPSA) is 68.2 Å². The highest BCUT2D eigenvalue weighted by atomic mass is 16.5. The minimum Gasteiger partial charge on any atom is -0.484 e. The van der Waals surface area contributed by atoms with Crippen LogP contribution in [0.1, 0.15) is 12.6 Å². The molecule has 6 heteroatoms. The van der Waals surface area contributed by atoms with Crippen LogP contribution in [0, 0.1) is 0 Å². The summed E-state index contributed by atoms with van der Waals surface area (Å²) in [5, 5.41) is 5.84. The first-order valence-corrected chi connectivity index (χ1v) is 6.89. The first-order chi connectivity index (χ1) is 10.2. The van der Waals surface area contributed by atoms with Gasteiger partial charge in [0.05, 0.1) is 18.6 Å². The number of aromatic nitrogens is 2. The molecule has 0 radical (unpaired) electrons. The number of rotatable bonds is 7. The van der Waals surface area contributed by atoms with Crippen LogP contribution in [0.5, 0.6) is 5.75 Å². The Morgan fingerprint density at radius 3 is 3.05 bits per heavy atom. The first-order valence-electron chi connectivity index (χ1n) is 6.89. The molecular formula is C15H20N4O2. The van der Waals surface area contributed by atoms with Crippen molar-refractivity contribution in [1.29, 1.82) is 0 Å². The number of nitrogens with one attached hydrogen (secondary N) is 2. The molecule has 0 aliphatic carbocycles. The molecule has 0 unspecified atom stereocenters. The first kappa shape index (κ1) is 14.9. The number of hydrogen-bond acceptors (Lipinski definition) is 4. The van der Waals surface area contributed by atoms with E-state index in [1.54, 1.807) is 7.05 Å². The summed E-state index contributed by atoms with van der Waals surface area (Å²) in [7, 11) is 1.58. The maximum Gasteiger partial charge on any atom is 0.257 e. The van der Waals surface area contributed by atoms with Crippen molar-refractivity contribution in [2.24, 2.45) is 0 Å². The molecule has 1 heterocycles. The van der Waals surface area contributed by atoms with Gasteiger partial charge >= 0.3 is 0 Å². The van der Waals surface area contributed by atoms with Gasteiger partial charge in [0.1, 0.15) is 5.75 Å². The molecule has 0 aliphatic rings. The number of likely N-dealkylation sites (N-methyl/N-ethyl adjacent to an activating group) is 1. The number of imidazole rings is 1. The average molecular weight is 288 g/mol. The molecule has 0 saturated heterocycles. The van der Waals surface area contributed by atoms with E-state index in [9.17, 15) is 4.79 Å². The smallest absolute Gasteiger partial charge is 0.257 e. The molecule has 0 aliphatic heterocycles. The largest absolute Gasteiger partial charge is 0.484 e. The van der Waals surface area contributed by atoms with E-state index in [1.165, 1.54) is 0 Å². The van der Waals surface area contributed by atoms with E-state index in [1.807, 2.05) is 36.8 Å². The third kappa shape index (κ3) is 4.24. The lowest BCUT2D eigenvalue weighted by molar-refractivity contribution is -0.122. The van der Waals surface area contributed by atoms with Crippen molar-refractivity contribution >= 4 is 11.6 Å². The van der Waals surface area contributed by atoms with E-state index in [0.717, 1.165) is 17.9 Å². The van der Waals surface area contributed by atoms with E-state index in [4.69, 9.17) is 4.74 Å². The van der Waals surface area contributed by atoms with Crippen LogP contribution in [0.25, 0.3) is 0 Å². The van der Waals surface area contributed by atoms with E-state index in [-0.39, 0.29) is 12.5 Å². The Balaban J connectivity index is 1.93. The maximum atomic E-state index is 11.2. The van der Waals surface area contributed by atoms with Crippen LogP contribution in [0.4, 0.5) is 5.69 Å². The van der Waals surface area contributed by atoms with Crippen LogP contribution >= 0.6 is 0 Å². The summed E-state index contributed by atoms with van der Waals surface area (Å²) >= 11 is 0. The maximum absolute atomic E-state index is 11.2. The number of amides is 1. The minimum atomic E-state index is -0.153. The van der Waals surface area contributed by atoms with Crippen molar-refractivity contribution in [1.82, 2.24) is 14.9 Å².